The van der Waals surface area contributed by atoms with Gasteiger partial charge in [-0.2, -0.15) is 0 Å². The van der Waals surface area contributed by atoms with Crippen LogP contribution in [0.3, 0.4) is 0 Å². The molecule has 1 aromatic rings. The molecule has 0 fully saturated rings. The third-order valence-electron chi connectivity index (χ3n) is 3.16. The molecule has 15 heavy (non-hydrogen) atoms. The van der Waals surface area contributed by atoms with E-state index in [4.69, 9.17) is 0 Å². The van der Waals surface area contributed by atoms with E-state index in [1.807, 2.05) is 6.07 Å². The van der Waals surface area contributed by atoms with E-state index in [-0.39, 0.29) is 6.10 Å². The molecule has 2 atom stereocenters. The topological polar surface area (TPSA) is 20.2 Å². The highest BCUT2D eigenvalue weighted by atomic mass is 16.3. The largest absolute Gasteiger partial charge is 0.388 e. The number of hydrogen-bond acceptors (Lipinski definition) is 1. The molecule has 1 rings (SSSR count). The Labute approximate surface area is 93.1 Å². The fourth-order valence-corrected chi connectivity index (χ4v) is 1.89. The van der Waals surface area contributed by atoms with Crippen molar-refractivity contribution in [3.63, 3.8) is 0 Å². The third kappa shape index (κ3) is 3.07. The smallest absolute Gasteiger partial charge is 0.0815 e. The highest BCUT2D eigenvalue weighted by Gasteiger charge is 2.15. The molecule has 0 aliphatic carbocycles. The van der Waals surface area contributed by atoms with Crippen molar-refractivity contribution in [3.8, 4) is 0 Å². The van der Waals surface area contributed by atoms with Crippen molar-refractivity contribution < 1.29 is 5.11 Å². The molecular formula is C14H22O. The van der Waals surface area contributed by atoms with Gasteiger partial charge in [-0.05, 0) is 42.9 Å². The molecular weight excluding hydrogens is 184 g/mol. The van der Waals surface area contributed by atoms with Gasteiger partial charge >= 0.3 is 0 Å². The number of aryl methyl sites for hydroxylation is 2. The zero-order valence-corrected chi connectivity index (χ0v) is 10.2. The Balaban J connectivity index is 2.81. The SMILES string of the molecule is CCCC(C)C(O)c1ccc(C)c(C)c1. The first kappa shape index (κ1) is 12.3. The quantitative estimate of drug-likeness (QED) is 0.795. The van der Waals surface area contributed by atoms with Gasteiger partial charge in [-0.3, -0.25) is 0 Å². The van der Waals surface area contributed by atoms with Crippen molar-refractivity contribution in [2.24, 2.45) is 5.92 Å². The summed E-state index contributed by atoms with van der Waals surface area (Å²) in [5.41, 5.74) is 3.60. The van der Waals surface area contributed by atoms with Crippen LogP contribution in [0.1, 0.15) is 49.5 Å². The van der Waals surface area contributed by atoms with Crippen molar-refractivity contribution in [1.82, 2.24) is 0 Å². The standard InChI is InChI=1S/C14H22O/c1-5-6-11(3)14(15)13-8-7-10(2)12(4)9-13/h7-9,11,14-15H,5-6H2,1-4H3. The van der Waals surface area contributed by atoms with E-state index in [0.717, 1.165) is 18.4 Å². The number of aliphatic hydroxyl groups is 1. The van der Waals surface area contributed by atoms with Crippen LogP contribution in [0.5, 0.6) is 0 Å². The summed E-state index contributed by atoms with van der Waals surface area (Å²) >= 11 is 0. The second-order valence-corrected chi connectivity index (χ2v) is 4.55. The molecule has 0 spiro atoms. The van der Waals surface area contributed by atoms with Crippen molar-refractivity contribution in [1.29, 1.82) is 0 Å². The Morgan fingerprint density at radius 2 is 1.87 bits per heavy atom. The minimum Gasteiger partial charge on any atom is -0.388 e. The van der Waals surface area contributed by atoms with E-state index < -0.39 is 0 Å². The average Bonchev–Trinajstić information content (AvgIpc) is 2.21. The van der Waals surface area contributed by atoms with Gasteiger partial charge in [0.15, 0.2) is 0 Å². The first-order valence-electron chi connectivity index (χ1n) is 5.81. The Hall–Kier alpha value is -0.820. The average molecular weight is 206 g/mol. The second-order valence-electron chi connectivity index (χ2n) is 4.55. The molecule has 0 aliphatic rings. The second kappa shape index (κ2) is 5.32. The maximum absolute atomic E-state index is 10.1. The summed E-state index contributed by atoms with van der Waals surface area (Å²) in [4.78, 5) is 0. The van der Waals surface area contributed by atoms with Crippen molar-refractivity contribution in [3.05, 3.63) is 34.9 Å². The summed E-state index contributed by atoms with van der Waals surface area (Å²) in [6, 6.07) is 6.23. The summed E-state index contributed by atoms with van der Waals surface area (Å²) in [6.45, 7) is 8.46. The fraction of sp³-hybridized carbons (Fsp3) is 0.571. The van der Waals surface area contributed by atoms with E-state index in [1.165, 1.54) is 11.1 Å². The van der Waals surface area contributed by atoms with Gasteiger partial charge in [0, 0.05) is 0 Å². The van der Waals surface area contributed by atoms with Gasteiger partial charge in [0.25, 0.3) is 0 Å². The van der Waals surface area contributed by atoms with Crippen LogP contribution in [-0.4, -0.2) is 5.11 Å². The normalized spacial score (nSPS) is 15.0. The van der Waals surface area contributed by atoms with Gasteiger partial charge in [-0.25, -0.2) is 0 Å². The molecule has 0 aliphatic heterocycles. The van der Waals surface area contributed by atoms with Gasteiger partial charge in [0.1, 0.15) is 0 Å². The molecule has 84 valence electrons. The van der Waals surface area contributed by atoms with Crippen LogP contribution < -0.4 is 0 Å². The summed E-state index contributed by atoms with van der Waals surface area (Å²) in [5.74, 6) is 0.345. The van der Waals surface area contributed by atoms with Crippen LogP contribution >= 0.6 is 0 Å². The van der Waals surface area contributed by atoms with E-state index in [1.54, 1.807) is 0 Å². The third-order valence-corrected chi connectivity index (χ3v) is 3.16. The predicted molar refractivity (Wildman–Crippen MR) is 64.9 cm³/mol. The lowest BCUT2D eigenvalue weighted by Gasteiger charge is -2.19. The molecule has 1 heteroatoms. The molecule has 0 heterocycles. The van der Waals surface area contributed by atoms with Crippen LogP contribution in [0.15, 0.2) is 18.2 Å². The Morgan fingerprint density at radius 3 is 2.40 bits per heavy atom. The molecule has 0 aromatic heterocycles. The molecule has 0 saturated heterocycles. The van der Waals surface area contributed by atoms with Crippen molar-refractivity contribution >= 4 is 0 Å². The summed E-state index contributed by atoms with van der Waals surface area (Å²) in [5, 5.41) is 10.1. The highest BCUT2D eigenvalue weighted by Crippen LogP contribution is 2.26. The lowest BCUT2D eigenvalue weighted by Crippen LogP contribution is -2.09. The lowest BCUT2D eigenvalue weighted by atomic mass is 9.92. The fourth-order valence-electron chi connectivity index (χ4n) is 1.89. The van der Waals surface area contributed by atoms with Crippen LogP contribution in [0.4, 0.5) is 0 Å². The van der Waals surface area contributed by atoms with Gasteiger partial charge < -0.3 is 5.11 Å². The molecule has 2 unspecified atom stereocenters. The molecule has 0 radical (unpaired) electrons. The Morgan fingerprint density at radius 1 is 1.20 bits per heavy atom. The van der Waals surface area contributed by atoms with Gasteiger partial charge in [-0.1, -0.05) is 38.5 Å². The first-order valence-corrected chi connectivity index (χ1v) is 5.81. The van der Waals surface area contributed by atoms with E-state index >= 15 is 0 Å². The minimum absolute atomic E-state index is 0.316. The van der Waals surface area contributed by atoms with Crippen LogP contribution in [0.2, 0.25) is 0 Å². The monoisotopic (exact) mass is 206 g/mol. The number of benzene rings is 1. The molecule has 1 nitrogen and oxygen atoms in total. The van der Waals surface area contributed by atoms with Gasteiger partial charge in [0.05, 0.1) is 6.10 Å². The Bertz CT molecular complexity index is 317. The zero-order valence-electron chi connectivity index (χ0n) is 10.2. The highest BCUT2D eigenvalue weighted by molar-refractivity contribution is 5.31. The first-order chi connectivity index (χ1) is 7.06. The van der Waals surface area contributed by atoms with Gasteiger partial charge in [0.2, 0.25) is 0 Å². The predicted octanol–water partition coefficient (Wildman–Crippen LogP) is 3.77. The number of hydrogen-bond donors (Lipinski definition) is 1. The van der Waals surface area contributed by atoms with Gasteiger partial charge in [-0.15, -0.1) is 0 Å². The van der Waals surface area contributed by atoms with E-state index in [0.29, 0.717) is 5.92 Å². The molecule has 1 aromatic carbocycles. The van der Waals surface area contributed by atoms with Crippen molar-refractivity contribution in [2.45, 2.75) is 46.6 Å². The molecule has 0 bridgehead atoms. The molecule has 0 amide bonds. The number of aliphatic hydroxyl groups excluding tert-OH is 1. The Kier molecular flexibility index (Phi) is 4.34. The van der Waals surface area contributed by atoms with Crippen LogP contribution in [0, 0.1) is 19.8 Å². The maximum Gasteiger partial charge on any atom is 0.0815 e. The van der Waals surface area contributed by atoms with Crippen LogP contribution in [0.25, 0.3) is 0 Å². The zero-order chi connectivity index (χ0) is 11.4. The summed E-state index contributed by atoms with van der Waals surface area (Å²) < 4.78 is 0. The molecule has 1 N–H and O–H groups in total. The van der Waals surface area contributed by atoms with Crippen LogP contribution in [-0.2, 0) is 0 Å². The number of rotatable bonds is 4. The lowest BCUT2D eigenvalue weighted by molar-refractivity contribution is 0.112. The minimum atomic E-state index is -0.316. The van der Waals surface area contributed by atoms with E-state index in [2.05, 4.69) is 39.8 Å². The maximum atomic E-state index is 10.1. The summed E-state index contributed by atoms with van der Waals surface area (Å²) in [7, 11) is 0. The van der Waals surface area contributed by atoms with Crippen molar-refractivity contribution in [2.75, 3.05) is 0 Å². The molecule has 0 saturated carbocycles. The van der Waals surface area contributed by atoms with E-state index in [9.17, 15) is 5.11 Å². The summed E-state index contributed by atoms with van der Waals surface area (Å²) in [6.07, 6.45) is 1.89.